The van der Waals surface area contributed by atoms with Gasteiger partial charge in [0.1, 0.15) is 0 Å². The highest BCUT2D eigenvalue weighted by Crippen LogP contribution is 2.69. The summed E-state index contributed by atoms with van der Waals surface area (Å²) in [4.78, 5) is 0. The fraction of sp³-hybridized carbons (Fsp3) is 0.727. The first-order valence-corrected chi connectivity index (χ1v) is 19.2. The maximum absolute atomic E-state index is 2.58. The van der Waals surface area contributed by atoms with Crippen molar-refractivity contribution < 1.29 is 0 Å². The molecule has 2 aromatic rings. The molecule has 8 unspecified atom stereocenters. The average Bonchev–Trinajstić information content (AvgIpc) is 3.61. The van der Waals surface area contributed by atoms with Crippen LogP contribution < -0.4 is 0 Å². The third-order valence-electron chi connectivity index (χ3n) is 14.3. The van der Waals surface area contributed by atoms with Crippen LogP contribution in [0.5, 0.6) is 0 Å². The molecule has 0 nitrogen and oxygen atoms in total. The molecule has 4 fully saturated rings. The van der Waals surface area contributed by atoms with Crippen LogP contribution in [0.1, 0.15) is 143 Å². The van der Waals surface area contributed by atoms with Crippen LogP contribution in [0.25, 0.3) is 0 Å². The van der Waals surface area contributed by atoms with Gasteiger partial charge in [-0.2, -0.15) is 0 Å². The highest BCUT2D eigenvalue weighted by atomic mass is 14.7. The molecule has 2 aromatic carbocycles. The smallest absolute Gasteiger partial charge is 0.0264 e. The number of rotatable bonds is 8. The molecule has 44 heavy (non-hydrogen) atoms. The Hall–Kier alpha value is -1.56. The summed E-state index contributed by atoms with van der Waals surface area (Å²) in [7, 11) is 0. The summed E-state index contributed by atoms with van der Waals surface area (Å²) in [6.07, 6.45) is 18.7. The second kappa shape index (κ2) is 12.9. The predicted octanol–water partition coefficient (Wildman–Crippen LogP) is 12.8. The van der Waals surface area contributed by atoms with Crippen LogP contribution in [-0.4, -0.2) is 0 Å². The Kier molecular flexibility index (Phi) is 9.51. The van der Waals surface area contributed by atoms with E-state index in [1.807, 2.05) is 0 Å². The Bertz CT molecular complexity index is 1100. The fourth-order valence-corrected chi connectivity index (χ4v) is 12.1. The Balaban J connectivity index is 1.53. The van der Waals surface area contributed by atoms with Gasteiger partial charge in [-0.3, -0.25) is 0 Å². The molecule has 0 spiro atoms. The fourth-order valence-electron chi connectivity index (χ4n) is 12.1. The van der Waals surface area contributed by atoms with Gasteiger partial charge in [-0.05, 0) is 127 Å². The molecule has 0 aromatic heterocycles. The molecule has 8 atom stereocenters. The van der Waals surface area contributed by atoms with E-state index in [9.17, 15) is 0 Å². The Morgan fingerprint density at radius 1 is 0.523 bits per heavy atom. The zero-order valence-corrected chi connectivity index (χ0v) is 29.7. The second-order valence-electron chi connectivity index (χ2n) is 18.4. The summed E-state index contributed by atoms with van der Waals surface area (Å²) in [5, 5.41) is 0. The van der Waals surface area contributed by atoms with E-state index in [-0.39, 0.29) is 5.41 Å². The lowest BCUT2D eigenvalue weighted by molar-refractivity contribution is 0.0420. The summed E-state index contributed by atoms with van der Waals surface area (Å²) in [5.74, 6) is 7.65. The van der Waals surface area contributed by atoms with Crippen LogP contribution in [0.2, 0.25) is 0 Å². The van der Waals surface area contributed by atoms with Gasteiger partial charge in [0, 0.05) is 5.41 Å². The first-order chi connectivity index (χ1) is 21.0. The molecule has 0 aliphatic heterocycles. The van der Waals surface area contributed by atoms with Gasteiger partial charge in [-0.25, -0.2) is 0 Å². The highest BCUT2D eigenvalue weighted by Gasteiger charge is 2.63. The largest absolute Gasteiger partial charge is 0.0654 e. The average molecular weight is 595 g/mol. The van der Waals surface area contributed by atoms with E-state index < -0.39 is 0 Å². The van der Waals surface area contributed by atoms with Crippen molar-refractivity contribution in [2.75, 3.05) is 0 Å². The van der Waals surface area contributed by atoms with Crippen molar-refractivity contribution in [1.29, 1.82) is 0 Å². The third kappa shape index (κ3) is 5.99. The Morgan fingerprint density at radius 2 is 1.00 bits per heavy atom. The Labute approximate surface area is 272 Å². The number of hydrogen-bond acceptors (Lipinski definition) is 0. The van der Waals surface area contributed by atoms with Crippen molar-refractivity contribution in [2.24, 2.45) is 64.1 Å². The van der Waals surface area contributed by atoms with Crippen molar-refractivity contribution in [3.63, 3.8) is 0 Å². The van der Waals surface area contributed by atoms with Crippen molar-refractivity contribution in [3.05, 3.63) is 71.8 Å². The zero-order valence-electron chi connectivity index (χ0n) is 29.7. The van der Waals surface area contributed by atoms with Crippen molar-refractivity contribution in [1.82, 2.24) is 0 Å². The molecule has 4 aliphatic carbocycles. The molecule has 0 amide bonds. The van der Waals surface area contributed by atoms with Gasteiger partial charge in [-0.1, -0.05) is 141 Å². The SMILES string of the molecule is CCCCCC1CCC(C(c2ccccc2)(c2ccccc2)C2C3CC(C(C)(C)C)CCC3C3CCC(C(C)(C)C)CC32)C1. The molecule has 0 radical (unpaired) electrons. The van der Waals surface area contributed by atoms with E-state index in [0.717, 1.165) is 53.3 Å². The first-order valence-electron chi connectivity index (χ1n) is 19.2. The van der Waals surface area contributed by atoms with Crippen molar-refractivity contribution >= 4 is 0 Å². The maximum Gasteiger partial charge on any atom is 0.0264 e. The number of fused-ring (bicyclic) bond motifs is 3. The predicted molar refractivity (Wildman–Crippen MR) is 190 cm³/mol. The van der Waals surface area contributed by atoms with Gasteiger partial charge < -0.3 is 0 Å². The molecule has 0 N–H and O–H groups in total. The van der Waals surface area contributed by atoms with Gasteiger partial charge in [0.25, 0.3) is 0 Å². The second-order valence-corrected chi connectivity index (χ2v) is 18.4. The van der Waals surface area contributed by atoms with Crippen LogP contribution in [0.3, 0.4) is 0 Å². The van der Waals surface area contributed by atoms with E-state index in [4.69, 9.17) is 0 Å². The molecule has 4 aliphatic rings. The Morgan fingerprint density at radius 3 is 1.45 bits per heavy atom. The minimum atomic E-state index is 0.115. The number of benzene rings is 2. The first kappa shape index (κ1) is 32.4. The van der Waals surface area contributed by atoms with Gasteiger partial charge in [0.05, 0.1) is 0 Å². The molecule has 242 valence electrons. The number of unbranched alkanes of at least 4 members (excludes halogenated alkanes) is 2. The normalized spacial score (nSPS) is 34.5. The molecule has 0 heteroatoms. The minimum Gasteiger partial charge on any atom is -0.0654 e. The van der Waals surface area contributed by atoms with Crippen LogP contribution in [0.4, 0.5) is 0 Å². The maximum atomic E-state index is 2.58. The summed E-state index contributed by atoms with van der Waals surface area (Å²) in [6, 6.07) is 24.4. The number of hydrogen-bond donors (Lipinski definition) is 0. The van der Waals surface area contributed by atoms with Gasteiger partial charge in [0.2, 0.25) is 0 Å². The lowest BCUT2D eigenvalue weighted by Gasteiger charge is -2.53. The third-order valence-corrected chi connectivity index (χ3v) is 14.3. The summed E-state index contributed by atoms with van der Waals surface area (Å²) < 4.78 is 0. The van der Waals surface area contributed by atoms with Crippen LogP contribution in [0.15, 0.2) is 60.7 Å². The molecular weight excluding hydrogens is 528 g/mol. The van der Waals surface area contributed by atoms with E-state index in [0.29, 0.717) is 10.8 Å². The molecular formula is C44H66. The summed E-state index contributed by atoms with van der Waals surface area (Å²) >= 11 is 0. The van der Waals surface area contributed by atoms with Crippen molar-refractivity contribution in [2.45, 2.75) is 137 Å². The quantitative estimate of drug-likeness (QED) is 0.267. The zero-order chi connectivity index (χ0) is 31.1. The van der Waals surface area contributed by atoms with Gasteiger partial charge in [-0.15, -0.1) is 0 Å². The van der Waals surface area contributed by atoms with Gasteiger partial charge >= 0.3 is 0 Å². The van der Waals surface area contributed by atoms with E-state index in [2.05, 4.69) is 109 Å². The molecule has 0 heterocycles. The molecule has 0 saturated heterocycles. The summed E-state index contributed by atoms with van der Waals surface area (Å²) in [6.45, 7) is 17.6. The van der Waals surface area contributed by atoms with Crippen molar-refractivity contribution in [3.8, 4) is 0 Å². The summed E-state index contributed by atoms with van der Waals surface area (Å²) in [5.41, 5.74) is 4.23. The van der Waals surface area contributed by atoms with E-state index in [1.54, 1.807) is 11.1 Å². The minimum absolute atomic E-state index is 0.115. The molecule has 0 bridgehead atoms. The highest BCUT2D eigenvalue weighted by molar-refractivity contribution is 5.43. The van der Waals surface area contributed by atoms with Gasteiger partial charge in [0.15, 0.2) is 0 Å². The molecule has 4 saturated carbocycles. The molecule has 6 rings (SSSR count). The topological polar surface area (TPSA) is 0 Å². The monoisotopic (exact) mass is 595 g/mol. The van der Waals surface area contributed by atoms with E-state index in [1.165, 1.54) is 83.5 Å². The standard InChI is InChI=1S/C44H66/c1-8-9-12-17-31-22-23-36(28-31)44(32-18-13-10-14-19-32,33-20-15-11-16-21-33)41-39-29-34(42(2,3)4)24-26-37(39)38-27-25-35(30-40(38)41)43(5,6)7/h10-11,13-16,18-21,31,34-41H,8-9,12,17,22-30H2,1-7H3. The van der Waals surface area contributed by atoms with Crippen LogP contribution in [-0.2, 0) is 5.41 Å². The lowest BCUT2D eigenvalue weighted by Crippen LogP contribution is -2.49. The van der Waals surface area contributed by atoms with E-state index >= 15 is 0 Å². The lowest BCUT2D eigenvalue weighted by atomic mass is 9.50. The van der Waals surface area contributed by atoms with Crippen LogP contribution >= 0.6 is 0 Å². The van der Waals surface area contributed by atoms with Crippen LogP contribution in [0, 0.1) is 64.1 Å².